The highest BCUT2D eigenvalue weighted by atomic mass is 16.5. The van der Waals surface area contributed by atoms with Gasteiger partial charge in [-0.15, -0.1) is 0 Å². The number of carbonyl (C=O) groups excluding carboxylic acids is 1. The zero-order chi connectivity index (χ0) is 13.5. The monoisotopic (exact) mass is 259 g/mol. The summed E-state index contributed by atoms with van der Waals surface area (Å²) in [4.78, 5) is 11.8. The van der Waals surface area contributed by atoms with Crippen LogP contribution in [0.3, 0.4) is 0 Å². The number of amides is 1. The fourth-order valence-corrected chi connectivity index (χ4v) is 1.75. The fraction of sp³-hybridized carbons (Fsp3) is 0.267. The Balaban J connectivity index is 1.97. The Morgan fingerprint density at radius 2 is 2.00 bits per heavy atom. The molecule has 0 bridgehead atoms. The van der Waals surface area contributed by atoms with Crippen molar-refractivity contribution in [3.8, 4) is 0 Å². The zero-order valence-corrected chi connectivity index (χ0v) is 10.9. The van der Waals surface area contributed by atoms with E-state index in [1.54, 1.807) is 12.1 Å². The van der Waals surface area contributed by atoms with E-state index in [-0.39, 0.29) is 5.91 Å². The van der Waals surface area contributed by atoms with Crippen LogP contribution >= 0.6 is 0 Å². The number of nitrogens with one attached hydrogen (secondary N) is 1. The molecule has 0 unspecified atom stereocenters. The zero-order valence-electron chi connectivity index (χ0n) is 10.9. The number of hydrogen-bond donors (Lipinski definition) is 1. The Labute approximate surface area is 112 Å². The standard InChI is InChI=1S/C15H17NO3/c1-2-18-11-13-7-4-3-6-12(13)10-16-15(17)14-8-5-9-19-14/h3-9H,2,10-11H2,1H3,(H,16,17). The summed E-state index contributed by atoms with van der Waals surface area (Å²) in [6, 6.07) is 11.2. The number of carbonyl (C=O) groups is 1. The molecule has 19 heavy (non-hydrogen) atoms. The molecule has 100 valence electrons. The Bertz CT molecular complexity index is 520. The van der Waals surface area contributed by atoms with Gasteiger partial charge in [0.05, 0.1) is 12.9 Å². The summed E-state index contributed by atoms with van der Waals surface area (Å²) in [7, 11) is 0. The van der Waals surface area contributed by atoms with E-state index in [0.29, 0.717) is 25.5 Å². The van der Waals surface area contributed by atoms with Crippen molar-refractivity contribution in [1.29, 1.82) is 0 Å². The van der Waals surface area contributed by atoms with Crippen molar-refractivity contribution in [2.45, 2.75) is 20.1 Å². The van der Waals surface area contributed by atoms with Gasteiger partial charge < -0.3 is 14.5 Å². The SMILES string of the molecule is CCOCc1ccccc1CNC(=O)c1ccco1. The van der Waals surface area contributed by atoms with Gasteiger partial charge in [0.1, 0.15) is 0 Å². The van der Waals surface area contributed by atoms with Crippen molar-refractivity contribution < 1.29 is 13.9 Å². The van der Waals surface area contributed by atoms with Crippen molar-refractivity contribution in [1.82, 2.24) is 5.32 Å². The van der Waals surface area contributed by atoms with Crippen molar-refractivity contribution in [2.24, 2.45) is 0 Å². The van der Waals surface area contributed by atoms with Crippen LogP contribution in [0.15, 0.2) is 47.1 Å². The number of benzene rings is 1. The summed E-state index contributed by atoms with van der Waals surface area (Å²) in [5.41, 5.74) is 2.14. The average molecular weight is 259 g/mol. The maximum atomic E-state index is 11.8. The van der Waals surface area contributed by atoms with Crippen LogP contribution in [-0.4, -0.2) is 12.5 Å². The Morgan fingerprint density at radius 3 is 2.68 bits per heavy atom. The fourth-order valence-electron chi connectivity index (χ4n) is 1.75. The molecule has 2 aromatic rings. The lowest BCUT2D eigenvalue weighted by Crippen LogP contribution is -2.23. The first-order valence-electron chi connectivity index (χ1n) is 6.27. The first-order chi connectivity index (χ1) is 9.31. The largest absolute Gasteiger partial charge is 0.459 e. The molecule has 1 aromatic carbocycles. The number of ether oxygens (including phenoxy) is 1. The minimum atomic E-state index is -0.212. The molecule has 0 aliphatic heterocycles. The lowest BCUT2D eigenvalue weighted by Gasteiger charge is -2.10. The topological polar surface area (TPSA) is 51.5 Å². The molecule has 0 radical (unpaired) electrons. The van der Waals surface area contributed by atoms with Gasteiger partial charge in [-0.05, 0) is 30.2 Å². The molecule has 1 N–H and O–H groups in total. The maximum absolute atomic E-state index is 11.8. The molecule has 1 aromatic heterocycles. The van der Waals surface area contributed by atoms with Crippen LogP contribution in [0.2, 0.25) is 0 Å². The third kappa shape index (κ3) is 3.69. The van der Waals surface area contributed by atoms with Gasteiger partial charge in [0.25, 0.3) is 5.91 Å². The molecule has 0 aliphatic carbocycles. The van der Waals surface area contributed by atoms with Gasteiger partial charge in [0.2, 0.25) is 0 Å². The Hall–Kier alpha value is -2.07. The molecule has 0 aliphatic rings. The highest BCUT2D eigenvalue weighted by molar-refractivity contribution is 5.91. The number of furan rings is 1. The Kier molecular flexibility index (Phi) is 4.75. The molecular weight excluding hydrogens is 242 g/mol. The van der Waals surface area contributed by atoms with Gasteiger partial charge in [-0.3, -0.25) is 4.79 Å². The lowest BCUT2D eigenvalue weighted by molar-refractivity contribution is 0.0922. The molecular formula is C15H17NO3. The van der Waals surface area contributed by atoms with Crippen LogP contribution in [0.5, 0.6) is 0 Å². The summed E-state index contributed by atoms with van der Waals surface area (Å²) in [5.74, 6) is 0.110. The maximum Gasteiger partial charge on any atom is 0.287 e. The molecule has 4 heteroatoms. The quantitative estimate of drug-likeness (QED) is 0.867. The smallest absolute Gasteiger partial charge is 0.287 e. The predicted molar refractivity (Wildman–Crippen MR) is 71.7 cm³/mol. The van der Waals surface area contributed by atoms with E-state index in [1.165, 1.54) is 6.26 Å². The number of rotatable bonds is 6. The van der Waals surface area contributed by atoms with Crippen LogP contribution < -0.4 is 5.32 Å². The van der Waals surface area contributed by atoms with E-state index in [9.17, 15) is 4.79 Å². The van der Waals surface area contributed by atoms with Gasteiger partial charge in [0, 0.05) is 13.2 Å². The molecule has 0 atom stereocenters. The molecule has 2 rings (SSSR count). The summed E-state index contributed by atoms with van der Waals surface area (Å²) in [5, 5.41) is 2.83. The van der Waals surface area contributed by atoms with Gasteiger partial charge >= 0.3 is 0 Å². The second kappa shape index (κ2) is 6.75. The van der Waals surface area contributed by atoms with E-state index in [0.717, 1.165) is 11.1 Å². The second-order valence-corrected chi connectivity index (χ2v) is 4.07. The van der Waals surface area contributed by atoms with Gasteiger partial charge in [-0.2, -0.15) is 0 Å². The van der Waals surface area contributed by atoms with Crippen LogP contribution in [0.25, 0.3) is 0 Å². The first-order valence-corrected chi connectivity index (χ1v) is 6.27. The molecule has 0 saturated heterocycles. The van der Waals surface area contributed by atoms with E-state index in [2.05, 4.69) is 5.32 Å². The predicted octanol–water partition coefficient (Wildman–Crippen LogP) is 2.75. The third-order valence-electron chi connectivity index (χ3n) is 2.76. The van der Waals surface area contributed by atoms with Crippen molar-refractivity contribution >= 4 is 5.91 Å². The summed E-state index contributed by atoms with van der Waals surface area (Å²) in [6.07, 6.45) is 1.48. The summed E-state index contributed by atoms with van der Waals surface area (Å²) < 4.78 is 10.5. The Morgan fingerprint density at radius 1 is 1.21 bits per heavy atom. The highest BCUT2D eigenvalue weighted by Gasteiger charge is 2.09. The second-order valence-electron chi connectivity index (χ2n) is 4.07. The van der Waals surface area contributed by atoms with Gasteiger partial charge in [-0.25, -0.2) is 0 Å². The van der Waals surface area contributed by atoms with Gasteiger partial charge in [-0.1, -0.05) is 24.3 Å². The van der Waals surface area contributed by atoms with E-state index in [1.807, 2.05) is 31.2 Å². The molecule has 0 saturated carbocycles. The lowest BCUT2D eigenvalue weighted by atomic mass is 10.1. The summed E-state index contributed by atoms with van der Waals surface area (Å²) in [6.45, 7) is 3.65. The van der Waals surface area contributed by atoms with Crippen molar-refractivity contribution in [3.05, 3.63) is 59.5 Å². The van der Waals surface area contributed by atoms with Crippen LogP contribution in [-0.2, 0) is 17.9 Å². The molecule has 1 heterocycles. The van der Waals surface area contributed by atoms with Crippen LogP contribution in [0.4, 0.5) is 0 Å². The van der Waals surface area contributed by atoms with E-state index >= 15 is 0 Å². The minimum absolute atomic E-state index is 0.212. The van der Waals surface area contributed by atoms with Crippen molar-refractivity contribution in [3.63, 3.8) is 0 Å². The first kappa shape index (κ1) is 13.4. The minimum Gasteiger partial charge on any atom is -0.459 e. The molecule has 1 amide bonds. The van der Waals surface area contributed by atoms with Crippen molar-refractivity contribution in [2.75, 3.05) is 6.61 Å². The number of hydrogen-bond acceptors (Lipinski definition) is 3. The normalized spacial score (nSPS) is 10.4. The third-order valence-corrected chi connectivity index (χ3v) is 2.76. The van der Waals surface area contributed by atoms with Gasteiger partial charge in [0.15, 0.2) is 5.76 Å². The van der Waals surface area contributed by atoms with Crippen LogP contribution in [0.1, 0.15) is 28.6 Å². The van der Waals surface area contributed by atoms with E-state index in [4.69, 9.17) is 9.15 Å². The average Bonchev–Trinajstić information content (AvgIpc) is 2.97. The highest BCUT2D eigenvalue weighted by Crippen LogP contribution is 2.10. The summed E-state index contributed by atoms with van der Waals surface area (Å²) >= 11 is 0. The molecule has 0 spiro atoms. The molecule has 0 fully saturated rings. The van der Waals surface area contributed by atoms with E-state index < -0.39 is 0 Å². The molecule has 4 nitrogen and oxygen atoms in total. The van der Waals surface area contributed by atoms with Crippen LogP contribution in [0, 0.1) is 0 Å².